The van der Waals surface area contributed by atoms with Crippen molar-refractivity contribution in [2.45, 2.75) is 6.18 Å². The minimum absolute atomic E-state index is 0.356. The van der Waals surface area contributed by atoms with E-state index in [1.54, 1.807) is 0 Å². The second-order valence-electron chi connectivity index (χ2n) is 3.48. The molecule has 92 valence electrons. The zero-order valence-corrected chi connectivity index (χ0v) is 9.18. The third-order valence-corrected chi connectivity index (χ3v) is 2.43. The zero-order valence-electron chi connectivity index (χ0n) is 9.18. The molecule has 1 N–H and O–H groups in total. The van der Waals surface area contributed by atoms with E-state index < -0.39 is 11.9 Å². The van der Waals surface area contributed by atoms with Crippen LogP contribution in [0, 0.1) is 0 Å². The second-order valence-corrected chi connectivity index (χ2v) is 3.48. The second kappa shape index (κ2) is 3.87. The van der Waals surface area contributed by atoms with Crippen LogP contribution in [0.4, 0.5) is 13.2 Å². The van der Waals surface area contributed by atoms with Crippen molar-refractivity contribution in [1.82, 2.24) is 4.98 Å². The van der Waals surface area contributed by atoms with E-state index in [0.29, 0.717) is 22.4 Å². The first kappa shape index (κ1) is 11.6. The molecule has 0 aliphatic carbocycles. The standard InChI is InChI=1S/C11H10F3NO2/c1-16-8-3-6-4-10(11(12,13)14)15-7(6)5-9(8)17-2/h3-5,15H,1-2H3. The number of methoxy groups -OCH3 is 2. The van der Waals surface area contributed by atoms with Crippen molar-refractivity contribution in [3.8, 4) is 11.5 Å². The van der Waals surface area contributed by atoms with Gasteiger partial charge < -0.3 is 14.5 Å². The molecule has 2 aromatic rings. The molecular formula is C11H10F3NO2. The molecule has 2 rings (SSSR count). The van der Waals surface area contributed by atoms with Crippen LogP contribution in [0.3, 0.4) is 0 Å². The molecule has 1 aromatic heterocycles. The van der Waals surface area contributed by atoms with Crippen LogP contribution >= 0.6 is 0 Å². The number of aromatic nitrogens is 1. The van der Waals surface area contributed by atoms with Gasteiger partial charge in [-0.15, -0.1) is 0 Å². The van der Waals surface area contributed by atoms with Crippen LogP contribution in [0.5, 0.6) is 11.5 Å². The van der Waals surface area contributed by atoms with Gasteiger partial charge in [-0.1, -0.05) is 0 Å². The number of nitrogens with one attached hydrogen (secondary N) is 1. The summed E-state index contributed by atoms with van der Waals surface area (Å²) in [5.74, 6) is 0.781. The maximum absolute atomic E-state index is 12.5. The molecule has 0 bridgehead atoms. The molecule has 3 nitrogen and oxygen atoms in total. The molecule has 0 saturated heterocycles. The minimum atomic E-state index is -4.39. The molecule has 1 aromatic carbocycles. The summed E-state index contributed by atoms with van der Waals surface area (Å²) in [5.41, 5.74) is -0.433. The number of fused-ring (bicyclic) bond motifs is 1. The number of aromatic amines is 1. The summed E-state index contributed by atoms with van der Waals surface area (Å²) in [6.45, 7) is 0. The number of rotatable bonds is 2. The fourth-order valence-corrected chi connectivity index (χ4v) is 1.61. The van der Waals surface area contributed by atoms with E-state index in [9.17, 15) is 13.2 Å². The topological polar surface area (TPSA) is 34.2 Å². The number of hydrogen-bond donors (Lipinski definition) is 1. The maximum Gasteiger partial charge on any atom is 0.431 e. The Hall–Kier alpha value is -1.85. The third-order valence-electron chi connectivity index (χ3n) is 2.43. The van der Waals surface area contributed by atoms with Crippen LogP contribution in [-0.2, 0) is 6.18 Å². The Labute approximate surface area is 95.1 Å². The highest BCUT2D eigenvalue weighted by Crippen LogP contribution is 2.36. The van der Waals surface area contributed by atoms with Gasteiger partial charge in [0.15, 0.2) is 11.5 Å². The fraction of sp³-hybridized carbons (Fsp3) is 0.273. The highest BCUT2D eigenvalue weighted by molar-refractivity contribution is 5.84. The van der Waals surface area contributed by atoms with Gasteiger partial charge in [0.25, 0.3) is 0 Å². The van der Waals surface area contributed by atoms with Crippen molar-refractivity contribution in [3.63, 3.8) is 0 Å². The monoisotopic (exact) mass is 245 g/mol. The molecule has 17 heavy (non-hydrogen) atoms. The van der Waals surface area contributed by atoms with E-state index in [0.717, 1.165) is 6.07 Å². The number of ether oxygens (including phenoxy) is 2. The molecule has 0 radical (unpaired) electrons. The van der Waals surface area contributed by atoms with Gasteiger partial charge in [0.1, 0.15) is 5.69 Å². The van der Waals surface area contributed by atoms with Crippen LogP contribution in [0.2, 0.25) is 0 Å². The number of benzene rings is 1. The van der Waals surface area contributed by atoms with Crippen molar-refractivity contribution in [2.75, 3.05) is 14.2 Å². The summed E-state index contributed by atoms with van der Waals surface area (Å²) < 4.78 is 47.5. The van der Waals surface area contributed by atoms with Gasteiger partial charge in [-0.2, -0.15) is 13.2 Å². The minimum Gasteiger partial charge on any atom is -0.493 e. The zero-order chi connectivity index (χ0) is 12.6. The van der Waals surface area contributed by atoms with Crippen molar-refractivity contribution in [2.24, 2.45) is 0 Å². The van der Waals surface area contributed by atoms with Crippen LogP contribution in [0.15, 0.2) is 18.2 Å². The molecule has 0 spiro atoms. The fourth-order valence-electron chi connectivity index (χ4n) is 1.61. The van der Waals surface area contributed by atoms with Gasteiger partial charge >= 0.3 is 6.18 Å². The first-order chi connectivity index (χ1) is 7.95. The quantitative estimate of drug-likeness (QED) is 0.881. The molecule has 6 heteroatoms. The Kier molecular flexibility index (Phi) is 2.65. The molecule has 0 fully saturated rings. The van der Waals surface area contributed by atoms with Crippen LogP contribution in [0.1, 0.15) is 5.69 Å². The molecule has 1 heterocycles. The molecule has 0 unspecified atom stereocenters. The van der Waals surface area contributed by atoms with Gasteiger partial charge in [-0.05, 0) is 12.1 Å². The van der Waals surface area contributed by atoms with E-state index in [2.05, 4.69) is 4.98 Å². The molecule has 0 atom stereocenters. The van der Waals surface area contributed by atoms with Crippen molar-refractivity contribution >= 4 is 10.9 Å². The average molecular weight is 245 g/mol. The number of hydrogen-bond acceptors (Lipinski definition) is 2. The third kappa shape index (κ3) is 2.02. The molecule has 0 amide bonds. The van der Waals surface area contributed by atoms with Crippen LogP contribution < -0.4 is 9.47 Å². The SMILES string of the molecule is COc1cc2cc(C(F)(F)F)[nH]c2cc1OC. The van der Waals surface area contributed by atoms with E-state index in [1.807, 2.05) is 0 Å². The lowest BCUT2D eigenvalue weighted by molar-refractivity contribution is -0.140. The molecule has 0 aliphatic heterocycles. The van der Waals surface area contributed by atoms with E-state index in [4.69, 9.17) is 9.47 Å². The van der Waals surface area contributed by atoms with Gasteiger partial charge in [0.05, 0.1) is 14.2 Å². The first-order valence-corrected chi connectivity index (χ1v) is 4.77. The summed E-state index contributed by atoms with van der Waals surface area (Å²) in [6.07, 6.45) is -4.39. The Morgan fingerprint density at radius 2 is 1.59 bits per heavy atom. The predicted octanol–water partition coefficient (Wildman–Crippen LogP) is 3.20. The summed E-state index contributed by atoms with van der Waals surface area (Å²) >= 11 is 0. The van der Waals surface area contributed by atoms with E-state index in [1.165, 1.54) is 26.4 Å². The van der Waals surface area contributed by atoms with E-state index >= 15 is 0 Å². The Morgan fingerprint density at radius 1 is 1.00 bits per heavy atom. The molecule has 0 saturated carbocycles. The van der Waals surface area contributed by atoms with Gasteiger partial charge in [0.2, 0.25) is 0 Å². The van der Waals surface area contributed by atoms with Crippen molar-refractivity contribution in [3.05, 3.63) is 23.9 Å². The lowest BCUT2D eigenvalue weighted by atomic mass is 10.2. The van der Waals surface area contributed by atoms with Crippen molar-refractivity contribution < 1.29 is 22.6 Å². The summed E-state index contributed by atoms with van der Waals surface area (Å²) in [6, 6.07) is 4.01. The van der Waals surface area contributed by atoms with Gasteiger partial charge in [-0.25, -0.2) is 0 Å². The smallest absolute Gasteiger partial charge is 0.431 e. The maximum atomic E-state index is 12.5. The van der Waals surface area contributed by atoms with Crippen LogP contribution in [0.25, 0.3) is 10.9 Å². The number of halogens is 3. The van der Waals surface area contributed by atoms with Gasteiger partial charge in [-0.3, -0.25) is 0 Å². The summed E-state index contributed by atoms with van der Waals surface area (Å²) in [5, 5.41) is 0.426. The highest BCUT2D eigenvalue weighted by atomic mass is 19.4. The first-order valence-electron chi connectivity index (χ1n) is 4.77. The van der Waals surface area contributed by atoms with Gasteiger partial charge in [0, 0.05) is 17.0 Å². The lowest BCUT2D eigenvalue weighted by Gasteiger charge is -2.06. The summed E-state index contributed by atoms with van der Waals surface area (Å²) in [7, 11) is 2.86. The molecule has 0 aliphatic rings. The van der Waals surface area contributed by atoms with Crippen molar-refractivity contribution in [1.29, 1.82) is 0 Å². The Bertz CT molecular complexity index is 504. The van der Waals surface area contributed by atoms with Crippen LogP contribution in [-0.4, -0.2) is 19.2 Å². The van der Waals surface area contributed by atoms with E-state index in [-0.39, 0.29) is 0 Å². The normalized spacial score (nSPS) is 11.8. The Balaban J connectivity index is 2.61. The highest BCUT2D eigenvalue weighted by Gasteiger charge is 2.32. The average Bonchev–Trinajstić information content (AvgIpc) is 2.69. The largest absolute Gasteiger partial charge is 0.493 e. The number of H-pyrrole nitrogens is 1. The number of alkyl halides is 3. The molecular weight excluding hydrogens is 235 g/mol. The summed E-state index contributed by atoms with van der Waals surface area (Å²) in [4.78, 5) is 2.30. The lowest BCUT2D eigenvalue weighted by Crippen LogP contribution is -2.04. The predicted molar refractivity (Wildman–Crippen MR) is 56.4 cm³/mol. The Morgan fingerprint density at radius 3 is 2.12 bits per heavy atom.